The number of hydrogen-bond acceptors (Lipinski definition) is 7. The molecule has 5 aliphatic rings. The van der Waals surface area contributed by atoms with Crippen LogP contribution in [0.2, 0.25) is 0 Å². The number of carbonyl (C=O) groups is 2. The summed E-state index contributed by atoms with van der Waals surface area (Å²) < 4.78 is 11.6. The Kier molecular flexibility index (Phi) is 7.09. The van der Waals surface area contributed by atoms with Gasteiger partial charge in [-0.1, -0.05) is 11.8 Å². The number of thioether (sulfide) groups is 1. The van der Waals surface area contributed by atoms with Gasteiger partial charge in [0.2, 0.25) is 0 Å². The standard InChI is InChI=1S/C27H37N5O4S/c1-16-14-19(36-18-8-12-35-13-9-18)5-6-20(16)32-21-7-10-28-26-22(21)23(30-27(32)34)24(37-26)25(33)29-17-4-3-11-31(2)15-17/h5-6,14,17-18,21-22,26,28H,3-4,7-13,15H2,1-2H3,(H,29,33)(H,30,34)/t17-,21?,22?,26?/m1/s1. The third-order valence-corrected chi connectivity index (χ3v) is 9.56. The number of aryl methyl sites for hydroxylation is 1. The largest absolute Gasteiger partial charge is 0.490 e. The van der Waals surface area contributed by atoms with E-state index in [-0.39, 0.29) is 41.4 Å². The number of piperidine rings is 2. The maximum atomic E-state index is 13.6. The Morgan fingerprint density at radius 1 is 1.22 bits per heavy atom. The van der Waals surface area contributed by atoms with Gasteiger partial charge in [-0.3, -0.25) is 9.69 Å². The van der Waals surface area contributed by atoms with Crippen molar-refractivity contribution in [1.82, 2.24) is 20.9 Å². The van der Waals surface area contributed by atoms with Gasteiger partial charge in [0.05, 0.1) is 29.5 Å². The first-order valence-electron chi connectivity index (χ1n) is 13.6. The Balaban J connectivity index is 1.22. The number of amides is 3. The fourth-order valence-electron chi connectivity index (χ4n) is 6.40. The summed E-state index contributed by atoms with van der Waals surface area (Å²) in [5, 5.41) is 10.0. The molecule has 3 N–H and O–H groups in total. The van der Waals surface area contributed by atoms with Gasteiger partial charge in [0, 0.05) is 42.7 Å². The lowest BCUT2D eigenvalue weighted by molar-refractivity contribution is -0.117. The molecular weight excluding hydrogens is 490 g/mol. The Morgan fingerprint density at radius 3 is 2.84 bits per heavy atom. The van der Waals surface area contributed by atoms with E-state index in [0.717, 1.165) is 87.6 Å². The van der Waals surface area contributed by atoms with Gasteiger partial charge < -0.3 is 30.3 Å². The minimum atomic E-state index is -0.164. The van der Waals surface area contributed by atoms with Gasteiger partial charge in [-0.15, -0.1) is 0 Å². The molecule has 200 valence electrons. The molecule has 3 amide bonds. The van der Waals surface area contributed by atoms with E-state index in [1.807, 2.05) is 30.0 Å². The average molecular weight is 528 g/mol. The first-order valence-corrected chi connectivity index (χ1v) is 14.4. The SMILES string of the molecule is Cc1cc(OC2CCOCC2)ccc1N1C(=O)NC2=C(C(=O)N[C@@H]3CCCN(C)C3)SC3NCCC1C23. The molecule has 6 rings (SSSR count). The lowest BCUT2D eigenvalue weighted by Gasteiger charge is -2.46. The fraction of sp³-hybridized carbons (Fsp3) is 0.630. The van der Waals surface area contributed by atoms with E-state index in [1.54, 1.807) is 11.8 Å². The number of likely N-dealkylation sites (tertiary alicyclic amines) is 1. The van der Waals surface area contributed by atoms with Gasteiger partial charge in [-0.25, -0.2) is 4.79 Å². The summed E-state index contributed by atoms with van der Waals surface area (Å²) in [5.41, 5.74) is 2.69. The zero-order valence-electron chi connectivity index (χ0n) is 21.6. The van der Waals surface area contributed by atoms with Gasteiger partial charge in [0.15, 0.2) is 0 Å². The van der Waals surface area contributed by atoms with Crippen LogP contribution in [-0.4, -0.2) is 80.3 Å². The number of anilines is 1. The van der Waals surface area contributed by atoms with E-state index in [4.69, 9.17) is 9.47 Å². The minimum absolute atomic E-state index is 0.00502. The number of likely N-dealkylation sites (N-methyl/N-ethyl adjacent to an activating group) is 1. The van der Waals surface area contributed by atoms with Crippen molar-refractivity contribution in [1.29, 1.82) is 0 Å². The number of rotatable bonds is 5. The molecule has 4 fully saturated rings. The molecule has 4 saturated heterocycles. The van der Waals surface area contributed by atoms with Crippen LogP contribution in [0.3, 0.4) is 0 Å². The summed E-state index contributed by atoms with van der Waals surface area (Å²) in [6.07, 6.45) is 4.87. The highest BCUT2D eigenvalue weighted by molar-refractivity contribution is 8.04. The molecule has 5 heterocycles. The first-order chi connectivity index (χ1) is 18.0. The predicted molar refractivity (Wildman–Crippen MR) is 144 cm³/mol. The lowest BCUT2D eigenvalue weighted by Crippen LogP contribution is -2.62. The van der Waals surface area contributed by atoms with Crippen molar-refractivity contribution in [2.75, 3.05) is 44.8 Å². The molecule has 0 spiro atoms. The van der Waals surface area contributed by atoms with Crippen LogP contribution in [0.4, 0.5) is 10.5 Å². The monoisotopic (exact) mass is 527 g/mol. The van der Waals surface area contributed by atoms with Crippen LogP contribution in [0.25, 0.3) is 0 Å². The summed E-state index contributed by atoms with van der Waals surface area (Å²) in [5.74, 6) is 0.816. The topological polar surface area (TPSA) is 95.2 Å². The minimum Gasteiger partial charge on any atom is -0.490 e. The van der Waals surface area contributed by atoms with Crippen molar-refractivity contribution >= 4 is 29.4 Å². The van der Waals surface area contributed by atoms with Crippen molar-refractivity contribution in [3.8, 4) is 5.75 Å². The number of benzene rings is 1. The zero-order valence-corrected chi connectivity index (χ0v) is 22.4. The second-order valence-electron chi connectivity index (χ2n) is 10.9. The molecule has 1 aromatic rings. The normalized spacial score (nSPS) is 30.6. The second-order valence-corrected chi connectivity index (χ2v) is 12.0. The van der Waals surface area contributed by atoms with Gasteiger partial charge in [0.1, 0.15) is 11.9 Å². The Labute approximate surface area is 222 Å². The van der Waals surface area contributed by atoms with Gasteiger partial charge in [-0.05, 0) is 70.1 Å². The molecule has 37 heavy (non-hydrogen) atoms. The van der Waals surface area contributed by atoms with E-state index in [2.05, 4.69) is 27.9 Å². The highest BCUT2D eigenvalue weighted by atomic mass is 32.2. The van der Waals surface area contributed by atoms with Gasteiger partial charge in [0.25, 0.3) is 5.91 Å². The molecule has 10 heteroatoms. The lowest BCUT2D eigenvalue weighted by atomic mass is 9.86. The average Bonchev–Trinajstić information content (AvgIpc) is 3.25. The predicted octanol–water partition coefficient (Wildman–Crippen LogP) is 2.56. The number of hydrogen-bond donors (Lipinski definition) is 3. The van der Waals surface area contributed by atoms with Crippen LogP contribution < -0.4 is 25.6 Å². The Morgan fingerprint density at radius 2 is 2.05 bits per heavy atom. The maximum Gasteiger partial charge on any atom is 0.326 e. The van der Waals surface area contributed by atoms with E-state index in [0.29, 0.717) is 4.91 Å². The molecule has 9 nitrogen and oxygen atoms in total. The molecule has 0 radical (unpaired) electrons. The molecule has 5 aliphatic heterocycles. The molecule has 3 unspecified atom stereocenters. The Bertz CT molecular complexity index is 1090. The quantitative estimate of drug-likeness (QED) is 0.542. The van der Waals surface area contributed by atoms with Gasteiger partial charge >= 0.3 is 6.03 Å². The molecule has 0 saturated carbocycles. The molecule has 0 bridgehead atoms. The number of carbonyl (C=O) groups excluding carboxylic acids is 2. The smallest absolute Gasteiger partial charge is 0.326 e. The zero-order chi connectivity index (χ0) is 25.5. The third-order valence-electron chi connectivity index (χ3n) is 8.21. The first kappa shape index (κ1) is 25.0. The van der Waals surface area contributed by atoms with Crippen LogP contribution in [0.1, 0.15) is 37.7 Å². The van der Waals surface area contributed by atoms with Crippen LogP contribution in [0.15, 0.2) is 28.8 Å². The fourth-order valence-corrected chi connectivity index (χ4v) is 7.79. The van der Waals surface area contributed by atoms with E-state index in [1.165, 1.54) is 0 Å². The summed E-state index contributed by atoms with van der Waals surface area (Å²) in [4.78, 5) is 31.7. The van der Waals surface area contributed by atoms with Gasteiger partial charge in [-0.2, -0.15) is 0 Å². The van der Waals surface area contributed by atoms with Crippen LogP contribution >= 0.6 is 11.8 Å². The summed E-state index contributed by atoms with van der Waals surface area (Å²) in [6, 6.07) is 5.98. The maximum absolute atomic E-state index is 13.6. The number of urea groups is 1. The van der Waals surface area contributed by atoms with Crippen molar-refractivity contribution in [2.24, 2.45) is 5.92 Å². The van der Waals surface area contributed by atoms with Crippen molar-refractivity contribution in [3.05, 3.63) is 34.4 Å². The van der Waals surface area contributed by atoms with E-state index < -0.39 is 0 Å². The molecule has 0 aliphatic carbocycles. The van der Waals surface area contributed by atoms with Crippen molar-refractivity contribution in [2.45, 2.75) is 62.6 Å². The van der Waals surface area contributed by atoms with E-state index >= 15 is 0 Å². The third kappa shape index (κ3) is 4.96. The molecule has 1 aromatic carbocycles. The molecule has 4 atom stereocenters. The number of ether oxygens (including phenoxy) is 2. The van der Waals surface area contributed by atoms with Crippen molar-refractivity contribution < 1.29 is 19.1 Å². The summed E-state index contributed by atoms with van der Waals surface area (Å²) >= 11 is 1.57. The van der Waals surface area contributed by atoms with Crippen molar-refractivity contribution in [3.63, 3.8) is 0 Å². The number of nitrogens with zero attached hydrogens (tertiary/aromatic N) is 2. The van der Waals surface area contributed by atoms with Crippen LogP contribution in [-0.2, 0) is 9.53 Å². The van der Waals surface area contributed by atoms with E-state index in [9.17, 15) is 9.59 Å². The summed E-state index contributed by atoms with van der Waals surface area (Å²) in [6.45, 7) is 6.24. The second kappa shape index (κ2) is 10.5. The van der Waals surface area contributed by atoms with Crippen LogP contribution in [0, 0.1) is 12.8 Å². The molecular formula is C27H37N5O4S. The van der Waals surface area contributed by atoms with Crippen LogP contribution in [0.5, 0.6) is 5.75 Å². The Hall–Kier alpha value is -2.27. The summed E-state index contributed by atoms with van der Waals surface area (Å²) in [7, 11) is 2.09. The molecule has 0 aromatic heterocycles. The number of nitrogens with one attached hydrogen (secondary N) is 3. The highest BCUT2D eigenvalue weighted by Crippen LogP contribution is 2.48. The highest BCUT2D eigenvalue weighted by Gasteiger charge is 2.52.